The van der Waals surface area contributed by atoms with Crippen LogP contribution >= 0.6 is 0 Å². The summed E-state index contributed by atoms with van der Waals surface area (Å²) >= 11 is 0. The van der Waals surface area contributed by atoms with Crippen LogP contribution in [0, 0.1) is 18.6 Å². The van der Waals surface area contributed by atoms with Crippen molar-refractivity contribution >= 4 is 0 Å². The number of rotatable bonds is 1. The van der Waals surface area contributed by atoms with Crippen molar-refractivity contribution in [3.05, 3.63) is 45.8 Å². The van der Waals surface area contributed by atoms with Crippen LogP contribution in [0.1, 0.15) is 5.56 Å². The molecule has 0 saturated carbocycles. The Morgan fingerprint density at radius 2 is 1.89 bits per heavy atom. The Morgan fingerprint density at radius 1 is 1.22 bits per heavy atom. The molecule has 1 heterocycles. The van der Waals surface area contributed by atoms with E-state index in [9.17, 15) is 18.7 Å². The van der Waals surface area contributed by atoms with Gasteiger partial charge in [-0.15, -0.1) is 0 Å². The summed E-state index contributed by atoms with van der Waals surface area (Å²) in [5, 5.41) is 18.4. The van der Waals surface area contributed by atoms with Crippen LogP contribution in [0.2, 0.25) is 0 Å². The van der Waals surface area contributed by atoms with E-state index in [1.54, 1.807) is 0 Å². The monoisotopic (exact) mass is 254 g/mol. The molecule has 94 valence electrons. The highest BCUT2D eigenvalue weighted by molar-refractivity contribution is 5.72. The molecule has 2 N–H and O–H groups in total. The first-order chi connectivity index (χ1) is 8.41. The van der Waals surface area contributed by atoms with Gasteiger partial charge in [0.05, 0.1) is 0 Å². The van der Waals surface area contributed by atoms with Gasteiger partial charge in [0.2, 0.25) is 5.82 Å². The van der Waals surface area contributed by atoms with Gasteiger partial charge >= 0.3 is 11.6 Å². The lowest BCUT2D eigenvalue weighted by Crippen LogP contribution is -2.05. The minimum absolute atomic E-state index is 0.126. The Balaban J connectivity index is 2.79. The maximum Gasteiger partial charge on any atom is 0.350 e. The summed E-state index contributed by atoms with van der Waals surface area (Å²) < 4.78 is 30.4. The van der Waals surface area contributed by atoms with E-state index in [1.807, 2.05) is 0 Å². The van der Waals surface area contributed by atoms with Gasteiger partial charge in [0.25, 0.3) is 0 Å². The molecule has 1 aromatic carbocycles. The lowest BCUT2D eigenvalue weighted by Gasteiger charge is -2.07. The third-order valence-electron chi connectivity index (χ3n) is 2.48. The summed E-state index contributed by atoms with van der Waals surface area (Å²) in [7, 11) is 0. The van der Waals surface area contributed by atoms with Crippen molar-refractivity contribution in [1.82, 2.24) is 0 Å². The van der Waals surface area contributed by atoms with E-state index in [2.05, 4.69) is 4.42 Å². The fourth-order valence-electron chi connectivity index (χ4n) is 1.64. The molecule has 0 bridgehead atoms. The molecule has 6 heteroatoms. The maximum absolute atomic E-state index is 13.3. The molecular weight excluding hydrogens is 246 g/mol. The third kappa shape index (κ3) is 1.81. The molecule has 2 aromatic rings. The van der Waals surface area contributed by atoms with E-state index >= 15 is 0 Å². The topological polar surface area (TPSA) is 70.7 Å². The van der Waals surface area contributed by atoms with Crippen molar-refractivity contribution in [2.45, 2.75) is 6.92 Å². The van der Waals surface area contributed by atoms with Crippen molar-refractivity contribution in [3.63, 3.8) is 0 Å². The largest absolute Gasteiger partial charge is 0.504 e. The Morgan fingerprint density at radius 3 is 2.50 bits per heavy atom. The van der Waals surface area contributed by atoms with Gasteiger partial charge in [0.15, 0.2) is 5.75 Å². The molecule has 0 unspecified atom stereocenters. The van der Waals surface area contributed by atoms with Crippen LogP contribution in [-0.4, -0.2) is 10.2 Å². The number of halogens is 2. The van der Waals surface area contributed by atoms with Crippen LogP contribution in [0.15, 0.2) is 27.4 Å². The van der Waals surface area contributed by atoms with Gasteiger partial charge in [-0.25, -0.2) is 9.18 Å². The van der Waals surface area contributed by atoms with Gasteiger partial charge in [-0.1, -0.05) is 6.07 Å². The molecule has 18 heavy (non-hydrogen) atoms. The van der Waals surface area contributed by atoms with E-state index in [1.165, 1.54) is 13.0 Å². The summed E-state index contributed by atoms with van der Waals surface area (Å²) in [6.45, 7) is 1.49. The van der Waals surface area contributed by atoms with Crippen molar-refractivity contribution in [3.8, 4) is 22.8 Å². The summed E-state index contributed by atoms with van der Waals surface area (Å²) in [4.78, 5) is 11.5. The predicted octanol–water partition coefficient (Wildman–Crippen LogP) is 2.30. The van der Waals surface area contributed by atoms with Crippen molar-refractivity contribution < 1.29 is 23.4 Å². The Labute approximate surface area is 99.7 Å². The fourth-order valence-corrected chi connectivity index (χ4v) is 1.64. The van der Waals surface area contributed by atoms with Crippen LogP contribution in [-0.2, 0) is 0 Å². The summed E-state index contributed by atoms with van der Waals surface area (Å²) in [6, 6.07) is 3.40. The zero-order valence-corrected chi connectivity index (χ0v) is 9.20. The van der Waals surface area contributed by atoms with Crippen LogP contribution in [0.5, 0.6) is 11.7 Å². The summed E-state index contributed by atoms with van der Waals surface area (Å²) in [6.07, 6.45) is 0. The lowest BCUT2D eigenvalue weighted by atomic mass is 10.0. The molecule has 0 spiro atoms. The van der Waals surface area contributed by atoms with Crippen molar-refractivity contribution in [2.75, 3.05) is 0 Å². The molecule has 0 saturated heterocycles. The average Bonchev–Trinajstić information content (AvgIpc) is 2.29. The number of aryl methyl sites for hydroxylation is 1. The molecule has 0 radical (unpaired) electrons. The van der Waals surface area contributed by atoms with E-state index in [0.717, 1.165) is 12.1 Å². The summed E-state index contributed by atoms with van der Waals surface area (Å²) in [5.74, 6) is -4.29. The zero-order valence-electron chi connectivity index (χ0n) is 9.20. The van der Waals surface area contributed by atoms with Crippen molar-refractivity contribution in [2.24, 2.45) is 0 Å². The van der Waals surface area contributed by atoms with Crippen LogP contribution in [0.4, 0.5) is 8.78 Å². The van der Waals surface area contributed by atoms with Crippen LogP contribution in [0.25, 0.3) is 11.1 Å². The second-order valence-electron chi connectivity index (χ2n) is 3.69. The van der Waals surface area contributed by atoms with Gasteiger partial charge in [-0.05, 0) is 30.2 Å². The molecule has 0 aliphatic heterocycles. The maximum atomic E-state index is 13.3. The molecule has 4 nitrogen and oxygen atoms in total. The van der Waals surface area contributed by atoms with E-state index < -0.39 is 34.5 Å². The first-order valence-corrected chi connectivity index (χ1v) is 4.93. The SMILES string of the molecule is Cc1cc(F)ccc1-c1c(O)c(F)c(O)oc1=O. The normalized spacial score (nSPS) is 10.6. The minimum atomic E-state index is -1.44. The molecule has 0 atom stereocenters. The predicted molar refractivity (Wildman–Crippen MR) is 58.4 cm³/mol. The van der Waals surface area contributed by atoms with Crippen LogP contribution in [0.3, 0.4) is 0 Å². The first-order valence-electron chi connectivity index (χ1n) is 4.93. The average molecular weight is 254 g/mol. The van der Waals surface area contributed by atoms with E-state index in [4.69, 9.17) is 5.11 Å². The Bertz CT molecular complexity index is 677. The standard InChI is InChI=1S/C12H8F2O4/c1-5-4-6(13)2-3-7(5)8-10(15)9(14)12(17)18-11(8)16/h2-4,15,17H,1H3. The molecular formula is C12H8F2O4. The highest BCUT2D eigenvalue weighted by Gasteiger charge is 2.21. The van der Waals surface area contributed by atoms with Crippen molar-refractivity contribution in [1.29, 1.82) is 0 Å². The lowest BCUT2D eigenvalue weighted by molar-refractivity contribution is 0.270. The van der Waals surface area contributed by atoms with E-state index in [-0.39, 0.29) is 5.56 Å². The zero-order chi connectivity index (χ0) is 13.4. The molecule has 0 aliphatic rings. The second-order valence-corrected chi connectivity index (χ2v) is 3.69. The molecule has 0 amide bonds. The number of benzene rings is 1. The van der Waals surface area contributed by atoms with Gasteiger partial charge in [-0.2, -0.15) is 4.39 Å². The highest BCUT2D eigenvalue weighted by atomic mass is 19.1. The van der Waals surface area contributed by atoms with Gasteiger partial charge in [0.1, 0.15) is 11.4 Å². The highest BCUT2D eigenvalue weighted by Crippen LogP contribution is 2.34. The Kier molecular flexibility index (Phi) is 2.78. The number of aromatic hydroxyl groups is 2. The third-order valence-corrected chi connectivity index (χ3v) is 2.48. The molecule has 1 aromatic heterocycles. The van der Waals surface area contributed by atoms with E-state index in [0.29, 0.717) is 5.56 Å². The number of hydrogen-bond acceptors (Lipinski definition) is 4. The quantitative estimate of drug-likeness (QED) is 0.819. The minimum Gasteiger partial charge on any atom is -0.504 e. The Hall–Kier alpha value is -2.37. The van der Waals surface area contributed by atoms with Crippen LogP contribution < -0.4 is 5.63 Å². The van der Waals surface area contributed by atoms with Gasteiger partial charge in [0, 0.05) is 0 Å². The van der Waals surface area contributed by atoms with Gasteiger partial charge in [-0.3, -0.25) is 0 Å². The molecule has 0 aliphatic carbocycles. The molecule has 2 rings (SSSR count). The van der Waals surface area contributed by atoms with Gasteiger partial charge < -0.3 is 14.6 Å². The number of hydrogen-bond donors (Lipinski definition) is 2. The summed E-state index contributed by atoms with van der Waals surface area (Å²) in [5.41, 5.74) is -1.12. The fraction of sp³-hybridized carbons (Fsp3) is 0.0833. The second kappa shape index (κ2) is 4.14. The first kappa shape index (κ1) is 12.1. The molecule has 0 fully saturated rings. The smallest absolute Gasteiger partial charge is 0.350 e.